The van der Waals surface area contributed by atoms with E-state index < -0.39 is 23.6 Å². The first-order valence-electron chi connectivity index (χ1n) is 14.7. The highest BCUT2D eigenvalue weighted by Gasteiger charge is 2.33. The van der Waals surface area contributed by atoms with E-state index in [0.29, 0.717) is 44.7 Å². The molecule has 7 nitrogen and oxygen atoms in total. The molecule has 0 fully saturated rings. The van der Waals surface area contributed by atoms with E-state index in [2.05, 4.69) is 9.97 Å². The van der Waals surface area contributed by atoms with Gasteiger partial charge in [-0.15, -0.1) is 0 Å². The van der Waals surface area contributed by atoms with Gasteiger partial charge in [0.25, 0.3) is 0 Å². The highest BCUT2D eigenvalue weighted by molar-refractivity contribution is 6.11. The van der Waals surface area contributed by atoms with Crippen LogP contribution < -0.4 is 4.74 Å². The minimum absolute atomic E-state index is 0.0824. The van der Waals surface area contributed by atoms with Crippen molar-refractivity contribution in [1.82, 2.24) is 14.5 Å². The Morgan fingerprint density at radius 3 is 2.28 bits per heavy atom. The fourth-order valence-electron chi connectivity index (χ4n) is 5.53. The van der Waals surface area contributed by atoms with Gasteiger partial charge in [0.2, 0.25) is 0 Å². The van der Waals surface area contributed by atoms with Crippen LogP contribution in [0.1, 0.15) is 66.0 Å². The Morgan fingerprint density at radius 1 is 0.957 bits per heavy atom. The van der Waals surface area contributed by atoms with E-state index in [0.717, 1.165) is 18.0 Å². The normalized spacial score (nSPS) is 12.7. The van der Waals surface area contributed by atoms with Crippen molar-refractivity contribution in [2.45, 2.75) is 52.3 Å². The molecule has 1 N–H and O–H groups in total. The van der Waals surface area contributed by atoms with Crippen molar-refractivity contribution in [3.63, 3.8) is 0 Å². The molecule has 0 aliphatic rings. The van der Waals surface area contributed by atoms with Gasteiger partial charge in [0.05, 0.1) is 17.0 Å². The summed E-state index contributed by atoms with van der Waals surface area (Å²) < 4.78 is 46.6. The Bertz CT molecular complexity index is 1860. The van der Waals surface area contributed by atoms with Gasteiger partial charge in [-0.25, -0.2) is 0 Å². The molecule has 46 heavy (non-hydrogen) atoms. The maximum atomic E-state index is 13.9. The van der Waals surface area contributed by atoms with E-state index in [1.807, 2.05) is 45.0 Å². The van der Waals surface area contributed by atoms with Gasteiger partial charge < -0.3 is 14.4 Å². The fourth-order valence-corrected chi connectivity index (χ4v) is 5.53. The molecule has 0 aliphatic carbocycles. The van der Waals surface area contributed by atoms with Crippen LogP contribution in [-0.4, -0.2) is 31.4 Å². The highest BCUT2D eigenvalue weighted by Crippen LogP contribution is 2.37. The smallest absolute Gasteiger partial charge is 0.417 e. The molecule has 0 bridgehead atoms. The van der Waals surface area contributed by atoms with Crippen molar-refractivity contribution >= 4 is 22.7 Å². The number of aliphatic carboxylic acids is 1. The Labute approximate surface area is 264 Å². The molecule has 1 atom stereocenters. The Hall–Kier alpha value is -4.99. The first kappa shape index (κ1) is 32.4. The van der Waals surface area contributed by atoms with Gasteiger partial charge in [-0.2, -0.15) is 13.2 Å². The average molecular weight is 630 g/mol. The molecule has 5 aromatic rings. The first-order chi connectivity index (χ1) is 21.7. The highest BCUT2D eigenvalue weighted by atomic mass is 19.4. The van der Waals surface area contributed by atoms with Crippen LogP contribution in [0.25, 0.3) is 22.2 Å². The Morgan fingerprint density at radius 2 is 1.70 bits per heavy atom. The van der Waals surface area contributed by atoms with Gasteiger partial charge in [0.1, 0.15) is 18.3 Å². The summed E-state index contributed by atoms with van der Waals surface area (Å²) in [6.45, 7) is 6.10. The van der Waals surface area contributed by atoms with Gasteiger partial charge in [-0.1, -0.05) is 51.1 Å². The molecule has 1 unspecified atom stereocenters. The third kappa shape index (κ3) is 7.28. The van der Waals surface area contributed by atoms with E-state index in [1.54, 1.807) is 54.2 Å². The predicted molar refractivity (Wildman–Crippen MR) is 169 cm³/mol. The second-order valence-electron chi connectivity index (χ2n) is 12.5. The zero-order valence-electron chi connectivity index (χ0n) is 25.9. The SMILES string of the molecule is Cn1c(C(Cc2ccc(-c3ccc(C(F)(F)F)cn3)cc2)C(=O)O)c(C(=O)CC(C)(C)C)c2cc(OCc3ccccn3)ccc21. The third-order valence-corrected chi connectivity index (χ3v) is 7.71. The van der Waals surface area contributed by atoms with Gasteiger partial charge >= 0.3 is 12.1 Å². The number of benzene rings is 2. The molecule has 3 heterocycles. The summed E-state index contributed by atoms with van der Waals surface area (Å²) in [7, 11) is 1.76. The number of fused-ring (bicyclic) bond motifs is 1. The Balaban J connectivity index is 1.50. The number of Topliss-reactive ketones (excluding diaryl/α,β-unsaturated/α-hetero) is 1. The molecule has 0 spiro atoms. The van der Waals surface area contributed by atoms with E-state index >= 15 is 0 Å². The number of pyridine rings is 2. The number of carboxylic acids is 1. The van der Waals surface area contributed by atoms with Crippen LogP contribution in [-0.2, 0) is 31.0 Å². The van der Waals surface area contributed by atoms with E-state index in [-0.39, 0.29) is 30.6 Å². The first-order valence-corrected chi connectivity index (χ1v) is 14.7. The molecule has 2 aromatic carbocycles. The van der Waals surface area contributed by atoms with E-state index in [1.165, 1.54) is 6.07 Å². The number of hydrogen-bond acceptors (Lipinski definition) is 5. The summed E-state index contributed by atoms with van der Waals surface area (Å²) in [5, 5.41) is 11.1. The summed E-state index contributed by atoms with van der Waals surface area (Å²) in [6.07, 6.45) is -1.72. The molecular formula is C36H34F3N3O4. The molecule has 0 aliphatic heterocycles. The minimum atomic E-state index is -4.48. The summed E-state index contributed by atoms with van der Waals surface area (Å²) in [4.78, 5) is 35.0. The maximum Gasteiger partial charge on any atom is 0.417 e. The number of aromatic nitrogens is 3. The van der Waals surface area contributed by atoms with Crippen molar-refractivity contribution in [1.29, 1.82) is 0 Å². The summed E-state index contributed by atoms with van der Waals surface area (Å²) in [6, 6.07) is 20.1. The van der Waals surface area contributed by atoms with Crippen LogP contribution in [0.3, 0.4) is 0 Å². The summed E-state index contributed by atoms with van der Waals surface area (Å²) >= 11 is 0. The van der Waals surface area contributed by atoms with Crippen LogP contribution in [0.15, 0.2) is 85.2 Å². The monoisotopic (exact) mass is 629 g/mol. The molecule has 10 heteroatoms. The van der Waals surface area contributed by atoms with Crippen molar-refractivity contribution in [2.75, 3.05) is 0 Å². The number of halogens is 3. The van der Waals surface area contributed by atoms with Crippen LogP contribution >= 0.6 is 0 Å². The van der Waals surface area contributed by atoms with Gasteiger partial charge in [-0.05, 0) is 59.9 Å². The number of carboxylic acid groups (broad SMARTS) is 1. The van der Waals surface area contributed by atoms with Crippen molar-refractivity contribution in [3.8, 4) is 17.0 Å². The lowest BCUT2D eigenvalue weighted by Gasteiger charge is -2.20. The van der Waals surface area contributed by atoms with Crippen LogP contribution in [0, 0.1) is 5.41 Å². The van der Waals surface area contributed by atoms with Crippen molar-refractivity contribution in [2.24, 2.45) is 12.5 Å². The second-order valence-corrected chi connectivity index (χ2v) is 12.5. The number of alkyl halides is 3. The standard InChI is InChI=1S/C36H34F3N3O4/c1-35(2,3)19-31(43)32-27-18-26(46-21-25-7-5-6-16-40-25)13-15-30(27)42(4)33(32)28(34(44)45)17-22-8-10-23(11-9-22)29-14-12-24(20-41-29)36(37,38)39/h5-16,18,20,28H,17,19,21H2,1-4H3,(H,44,45). The number of ketones is 1. The predicted octanol–water partition coefficient (Wildman–Crippen LogP) is 8.26. The molecule has 5 rings (SSSR count). The number of carbonyl (C=O) groups excluding carboxylic acids is 1. The number of aryl methyl sites for hydroxylation is 1. The number of rotatable bonds is 10. The quantitative estimate of drug-likeness (QED) is 0.156. The largest absolute Gasteiger partial charge is 0.487 e. The second kappa shape index (κ2) is 12.8. The molecule has 0 radical (unpaired) electrons. The summed E-state index contributed by atoms with van der Waals surface area (Å²) in [5.41, 5.74) is 2.65. The van der Waals surface area contributed by atoms with Crippen molar-refractivity contribution in [3.05, 3.63) is 113 Å². The number of hydrogen-bond donors (Lipinski definition) is 1. The number of nitrogens with zero attached hydrogens (tertiary/aromatic N) is 3. The lowest BCUT2D eigenvalue weighted by Crippen LogP contribution is -2.22. The molecule has 238 valence electrons. The molecule has 0 amide bonds. The van der Waals surface area contributed by atoms with Gasteiger partial charge in [-0.3, -0.25) is 19.6 Å². The molecule has 0 saturated carbocycles. The topological polar surface area (TPSA) is 94.3 Å². The number of ether oxygens (including phenoxy) is 1. The fraction of sp³-hybridized carbons (Fsp3) is 0.278. The molecule has 3 aromatic heterocycles. The van der Waals surface area contributed by atoms with Crippen LogP contribution in [0.2, 0.25) is 0 Å². The zero-order chi connectivity index (χ0) is 33.2. The zero-order valence-corrected chi connectivity index (χ0v) is 25.9. The van der Waals surface area contributed by atoms with Gasteiger partial charge in [0, 0.05) is 53.6 Å². The number of carbonyl (C=O) groups is 2. The minimum Gasteiger partial charge on any atom is -0.487 e. The Kier molecular flexibility index (Phi) is 9.01. The average Bonchev–Trinajstić information content (AvgIpc) is 3.29. The van der Waals surface area contributed by atoms with E-state index in [4.69, 9.17) is 4.74 Å². The molecular weight excluding hydrogens is 595 g/mol. The summed E-state index contributed by atoms with van der Waals surface area (Å²) in [5.74, 6) is -1.79. The van der Waals surface area contributed by atoms with Gasteiger partial charge in [0.15, 0.2) is 5.78 Å². The van der Waals surface area contributed by atoms with Crippen molar-refractivity contribution < 1.29 is 32.6 Å². The van der Waals surface area contributed by atoms with Crippen LogP contribution in [0.4, 0.5) is 13.2 Å². The maximum absolute atomic E-state index is 13.9. The molecule has 0 saturated heterocycles. The van der Waals surface area contributed by atoms with E-state index in [9.17, 15) is 27.9 Å². The lowest BCUT2D eigenvalue weighted by atomic mass is 9.84. The lowest BCUT2D eigenvalue weighted by molar-refractivity contribution is -0.139. The third-order valence-electron chi connectivity index (χ3n) is 7.71. The van der Waals surface area contributed by atoms with Crippen LogP contribution in [0.5, 0.6) is 5.75 Å².